The van der Waals surface area contributed by atoms with Crippen LogP contribution < -0.4 is 10.1 Å². The number of anilines is 1. The molecule has 0 radical (unpaired) electrons. The van der Waals surface area contributed by atoms with Gasteiger partial charge in [-0.3, -0.25) is 0 Å². The first-order valence-electron chi connectivity index (χ1n) is 6.81. The second-order valence-corrected chi connectivity index (χ2v) is 6.34. The molecule has 1 aromatic carbocycles. The summed E-state index contributed by atoms with van der Waals surface area (Å²) in [5.74, 6) is 2.68. The lowest BCUT2D eigenvalue weighted by molar-refractivity contribution is 0.446. The van der Waals surface area contributed by atoms with Gasteiger partial charge in [-0.1, -0.05) is 32.4 Å². The van der Waals surface area contributed by atoms with Crippen LogP contribution in [0.2, 0.25) is 5.02 Å². The van der Waals surface area contributed by atoms with Gasteiger partial charge in [-0.05, 0) is 30.7 Å². The van der Waals surface area contributed by atoms with Crippen LogP contribution in [0.1, 0.15) is 32.2 Å². The van der Waals surface area contributed by atoms with Crippen LogP contribution in [-0.2, 0) is 5.41 Å². The predicted octanol–water partition coefficient (Wildman–Crippen LogP) is 4.57. The molecule has 0 fully saturated rings. The van der Waals surface area contributed by atoms with Crippen molar-refractivity contribution in [3.8, 4) is 11.6 Å². The molecule has 21 heavy (non-hydrogen) atoms. The van der Waals surface area contributed by atoms with E-state index in [4.69, 9.17) is 16.3 Å². The van der Waals surface area contributed by atoms with E-state index in [-0.39, 0.29) is 5.41 Å². The molecule has 0 amide bonds. The predicted molar refractivity (Wildman–Crippen MR) is 86.5 cm³/mol. The number of rotatable bonds is 3. The van der Waals surface area contributed by atoms with Gasteiger partial charge < -0.3 is 10.1 Å². The molecule has 0 spiro atoms. The van der Waals surface area contributed by atoms with Crippen molar-refractivity contribution in [3.05, 3.63) is 40.7 Å². The minimum atomic E-state index is -0.152. The highest BCUT2D eigenvalue weighted by atomic mass is 35.5. The third kappa shape index (κ3) is 3.85. The van der Waals surface area contributed by atoms with E-state index >= 15 is 0 Å². The van der Waals surface area contributed by atoms with E-state index in [1.807, 2.05) is 32.2 Å². The number of hydrogen-bond donors (Lipinski definition) is 1. The lowest BCUT2D eigenvalue weighted by Gasteiger charge is -2.18. The Hall–Kier alpha value is -1.81. The first-order valence-corrected chi connectivity index (χ1v) is 7.19. The Morgan fingerprint density at radius 3 is 2.43 bits per heavy atom. The fraction of sp³-hybridized carbons (Fsp3) is 0.375. The number of aromatic nitrogens is 2. The number of nitrogens with zero attached hydrogens (tertiary/aromatic N) is 2. The van der Waals surface area contributed by atoms with Crippen molar-refractivity contribution >= 4 is 17.4 Å². The van der Waals surface area contributed by atoms with Crippen LogP contribution in [0.5, 0.6) is 11.6 Å². The number of hydrogen-bond acceptors (Lipinski definition) is 4. The van der Waals surface area contributed by atoms with Crippen LogP contribution in [0.4, 0.5) is 5.82 Å². The zero-order valence-electron chi connectivity index (χ0n) is 13.0. The Labute approximate surface area is 130 Å². The fourth-order valence-electron chi connectivity index (χ4n) is 1.74. The first kappa shape index (κ1) is 15.6. The van der Waals surface area contributed by atoms with Crippen LogP contribution in [0.3, 0.4) is 0 Å². The molecule has 112 valence electrons. The second kappa shape index (κ2) is 5.90. The summed E-state index contributed by atoms with van der Waals surface area (Å²) in [7, 11) is 1.82. The van der Waals surface area contributed by atoms with E-state index in [9.17, 15) is 0 Å². The summed E-state index contributed by atoms with van der Waals surface area (Å²) < 4.78 is 5.84. The summed E-state index contributed by atoms with van der Waals surface area (Å²) >= 11 is 6.03. The van der Waals surface area contributed by atoms with Gasteiger partial charge in [-0.25, -0.2) is 4.98 Å². The number of halogens is 1. The molecule has 0 saturated heterocycles. The van der Waals surface area contributed by atoms with Crippen molar-refractivity contribution < 1.29 is 4.74 Å². The number of benzene rings is 1. The minimum absolute atomic E-state index is 0.152. The Kier molecular flexibility index (Phi) is 4.37. The highest BCUT2D eigenvalue weighted by Gasteiger charge is 2.19. The van der Waals surface area contributed by atoms with Crippen molar-refractivity contribution in [1.29, 1.82) is 0 Å². The molecular weight excluding hydrogens is 286 g/mol. The van der Waals surface area contributed by atoms with Crippen molar-refractivity contribution in [1.82, 2.24) is 9.97 Å². The Morgan fingerprint density at radius 1 is 1.14 bits per heavy atom. The molecular formula is C16H20ClN3O. The Morgan fingerprint density at radius 2 is 1.86 bits per heavy atom. The highest BCUT2D eigenvalue weighted by Crippen LogP contribution is 2.28. The molecule has 0 atom stereocenters. The molecule has 2 aromatic rings. The van der Waals surface area contributed by atoms with Gasteiger partial charge in [-0.15, -0.1) is 0 Å². The van der Waals surface area contributed by atoms with Gasteiger partial charge in [0.15, 0.2) is 0 Å². The molecule has 2 rings (SSSR count). The largest absolute Gasteiger partial charge is 0.439 e. The molecule has 1 aromatic heterocycles. The summed E-state index contributed by atoms with van der Waals surface area (Å²) in [6, 6.07) is 7.31. The second-order valence-electron chi connectivity index (χ2n) is 5.93. The fourth-order valence-corrected chi connectivity index (χ4v) is 1.86. The average molecular weight is 306 g/mol. The van der Waals surface area contributed by atoms with Crippen molar-refractivity contribution in [2.75, 3.05) is 12.4 Å². The van der Waals surface area contributed by atoms with E-state index in [1.54, 1.807) is 6.07 Å². The van der Waals surface area contributed by atoms with Gasteiger partial charge in [0, 0.05) is 23.6 Å². The zero-order valence-corrected chi connectivity index (χ0v) is 13.7. The maximum Gasteiger partial charge on any atom is 0.224 e. The molecule has 0 aliphatic carbocycles. The summed E-state index contributed by atoms with van der Waals surface area (Å²) in [6.07, 6.45) is 0. The quantitative estimate of drug-likeness (QED) is 0.902. The molecule has 5 heteroatoms. The lowest BCUT2D eigenvalue weighted by atomic mass is 9.96. The van der Waals surface area contributed by atoms with E-state index in [0.717, 1.165) is 22.2 Å². The molecule has 1 N–H and O–H groups in total. The summed E-state index contributed by atoms with van der Waals surface area (Å²) in [5.41, 5.74) is 0.814. The smallest absolute Gasteiger partial charge is 0.224 e. The van der Waals surface area contributed by atoms with Crippen molar-refractivity contribution in [3.63, 3.8) is 0 Å². The molecule has 4 nitrogen and oxygen atoms in total. The van der Waals surface area contributed by atoms with Crippen LogP contribution in [0.25, 0.3) is 0 Å². The normalized spacial score (nSPS) is 11.3. The van der Waals surface area contributed by atoms with Gasteiger partial charge >= 0.3 is 0 Å². The van der Waals surface area contributed by atoms with E-state index in [0.29, 0.717) is 11.6 Å². The van der Waals surface area contributed by atoms with Gasteiger partial charge in [-0.2, -0.15) is 4.98 Å². The van der Waals surface area contributed by atoms with Gasteiger partial charge in [0.05, 0.1) is 0 Å². The number of ether oxygens (including phenoxy) is 1. The topological polar surface area (TPSA) is 47.0 Å². The third-order valence-corrected chi connectivity index (χ3v) is 3.41. The first-order chi connectivity index (χ1) is 9.79. The maximum atomic E-state index is 6.03. The summed E-state index contributed by atoms with van der Waals surface area (Å²) in [5, 5.41) is 3.75. The average Bonchev–Trinajstić information content (AvgIpc) is 2.41. The molecule has 1 heterocycles. The van der Waals surface area contributed by atoms with Gasteiger partial charge in [0.1, 0.15) is 17.4 Å². The van der Waals surface area contributed by atoms with Gasteiger partial charge in [0.25, 0.3) is 0 Å². The van der Waals surface area contributed by atoms with Crippen LogP contribution >= 0.6 is 11.6 Å². The molecule has 0 bridgehead atoms. The van der Waals surface area contributed by atoms with Crippen molar-refractivity contribution in [2.45, 2.75) is 33.1 Å². The molecule has 0 aliphatic rings. The van der Waals surface area contributed by atoms with Crippen LogP contribution in [0, 0.1) is 6.92 Å². The minimum Gasteiger partial charge on any atom is -0.439 e. The number of nitrogens with one attached hydrogen (secondary N) is 1. The highest BCUT2D eigenvalue weighted by molar-refractivity contribution is 6.31. The Bertz CT molecular complexity index is 650. The van der Waals surface area contributed by atoms with E-state index < -0.39 is 0 Å². The summed E-state index contributed by atoms with van der Waals surface area (Å²) in [4.78, 5) is 8.97. The number of aryl methyl sites for hydroxylation is 1. The maximum absolute atomic E-state index is 6.03. The van der Waals surface area contributed by atoms with E-state index in [2.05, 4.69) is 36.1 Å². The summed E-state index contributed by atoms with van der Waals surface area (Å²) in [6.45, 7) is 8.14. The van der Waals surface area contributed by atoms with E-state index in [1.165, 1.54) is 0 Å². The monoisotopic (exact) mass is 305 g/mol. The van der Waals surface area contributed by atoms with Crippen LogP contribution in [-0.4, -0.2) is 17.0 Å². The van der Waals surface area contributed by atoms with Crippen molar-refractivity contribution in [2.24, 2.45) is 0 Å². The van der Waals surface area contributed by atoms with Gasteiger partial charge in [0.2, 0.25) is 5.88 Å². The third-order valence-electron chi connectivity index (χ3n) is 2.98. The molecule has 0 unspecified atom stereocenters. The standard InChI is InChI=1S/C16H20ClN3O/c1-10-8-11(6-7-12(10)17)21-14-9-13(18-5)19-15(20-14)16(2,3)4/h6-9H,1-5H3,(H,18,19,20). The zero-order chi connectivity index (χ0) is 15.6. The molecule has 0 saturated carbocycles. The lowest BCUT2D eigenvalue weighted by Crippen LogP contribution is -2.17. The van der Waals surface area contributed by atoms with Crippen LogP contribution in [0.15, 0.2) is 24.3 Å². The molecule has 0 aliphatic heterocycles. The Balaban J connectivity index is 2.36. The SMILES string of the molecule is CNc1cc(Oc2ccc(Cl)c(C)c2)nc(C(C)(C)C)n1.